The first kappa shape index (κ1) is 24.1. The van der Waals surface area contributed by atoms with Crippen LogP contribution in [0.3, 0.4) is 0 Å². The highest BCUT2D eigenvalue weighted by molar-refractivity contribution is 7.10. The van der Waals surface area contributed by atoms with Crippen molar-refractivity contribution in [3.8, 4) is 11.5 Å². The van der Waals surface area contributed by atoms with Crippen LogP contribution in [0.1, 0.15) is 50.1 Å². The van der Waals surface area contributed by atoms with Crippen molar-refractivity contribution in [3.63, 3.8) is 0 Å². The summed E-state index contributed by atoms with van der Waals surface area (Å²) in [5.74, 6) is 1.73. The number of fused-ring (bicyclic) bond motifs is 1. The van der Waals surface area contributed by atoms with E-state index >= 15 is 0 Å². The van der Waals surface area contributed by atoms with Crippen LogP contribution < -0.4 is 9.47 Å². The topological polar surface area (TPSA) is 59.1 Å². The second-order valence-electron chi connectivity index (χ2n) is 8.56. The van der Waals surface area contributed by atoms with Gasteiger partial charge in [-0.2, -0.15) is 0 Å². The van der Waals surface area contributed by atoms with Crippen LogP contribution in [-0.4, -0.2) is 55.0 Å². The third-order valence-corrected chi connectivity index (χ3v) is 6.62. The van der Waals surface area contributed by atoms with E-state index in [1.807, 2.05) is 49.9 Å². The van der Waals surface area contributed by atoms with Crippen LogP contribution in [0.15, 0.2) is 35.7 Å². The standard InChI is InChI=1S/C25H34N2O4S/c1-5-11-26(24(28)14-18(2)3)16-25(29)27-12-9-23-21(10-13-32-23)22(27)17-31-20-8-6-7-19(15-20)30-4/h6-8,10,13,15,18,22H,5,9,11-12,14,16-17H2,1-4H3/t22-/m1/s1. The summed E-state index contributed by atoms with van der Waals surface area (Å²) in [6, 6.07) is 9.41. The third kappa shape index (κ3) is 6.03. The fraction of sp³-hybridized carbons (Fsp3) is 0.520. The quantitative estimate of drug-likeness (QED) is 0.524. The fourth-order valence-electron chi connectivity index (χ4n) is 4.04. The predicted molar refractivity (Wildman–Crippen MR) is 127 cm³/mol. The van der Waals surface area contributed by atoms with Crippen molar-refractivity contribution in [3.05, 3.63) is 46.2 Å². The van der Waals surface area contributed by atoms with Crippen LogP contribution >= 0.6 is 11.3 Å². The van der Waals surface area contributed by atoms with E-state index in [9.17, 15) is 9.59 Å². The molecule has 174 valence electrons. The number of carbonyl (C=O) groups excluding carboxylic acids is 2. The van der Waals surface area contributed by atoms with Gasteiger partial charge in [-0.3, -0.25) is 9.59 Å². The average molecular weight is 459 g/mol. The van der Waals surface area contributed by atoms with Crippen LogP contribution in [0.4, 0.5) is 0 Å². The Morgan fingerprint density at radius 1 is 1.25 bits per heavy atom. The van der Waals surface area contributed by atoms with Crippen molar-refractivity contribution in [2.45, 2.75) is 46.1 Å². The van der Waals surface area contributed by atoms with Crippen LogP contribution in [0.2, 0.25) is 0 Å². The molecule has 1 aliphatic rings. The lowest BCUT2D eigenvalue weighted by Gasteiger charge is -2.37. The van der Waals surface area contributed by atoms with Gasteiger partial charge in [0.1, 0.15) is 18.1 Å². The van der Waals surface area contributed by atoms with E-state index in [4.69, 9.17) is 9.47 Å². The number of ether oxygens (including phenoxy) is 2. The van der Waals surface area contributed by atoms with Gasteiger partial charge in [-0.05, 0) is 47.9 Å². The molecule has 0 bridgehead atoms. The van der Waals surface area contributed by atoms with E-state index in [1.54, 1.807) is 23.3 Å². The number of thiophene rings is 1. The van der Waals surface area contributed by atoms with E-state index in [1.165, 1.54) is 4.88 Å². The third-order valence-electron chi connectivity index (χ3n) is 5.62. The Labute approximate surface area is 195 Å². The molecule has 6 nitrogen and oxygen atoms in total. The molecule has 32 heavy (non-hydrogen) atoms. The summed E-state index contributed by atoms with van der Waals surface area (Å²) in [5, 5.41) is 2.08. The lowest BCUT2D eigenvalue weighted by molar-refractivity contribution is -0.143. The van der Waals surface area contributed by atoms with Crippen molar-refractivity contribution in [1.82, 2.24) is 9.80 Å². The first-order chi connectivity index (χ1) is 15.4. The van der Waals surface area contributed by atoms with Crippen LogP contribution in [0.25, 0.3) is 0 Å². The predicted octanol–water partition coefficient (Wildman–Crippen LogP) is 4.55. The van der Waals surface area contributed by atoms with Crippen LogP contribution in [-0.2, 0) is 16.0 Å². The normalized spacial score (nSPS) is 15.4. The molecule has 1 aromatic carbocycles. The molecule has 0 saturated carbocycles. The van der Waals surface area contributed by atoms with Gasteiger partial charge in [-0.25, -0.2) is 0 Å². The van der Waals surface area contributed by atoms with Crippen molar-refractivity contribution >= 4 is 23.2 Å². The molecule has 2 aromatic rings. The Balaban J connectivity index is 1.75. The van der Waals surface area contributed by atoms with Gasteiger partial charge in [0.05, 0.1) is 19.7 Å². The molecule has 0 fully saturated rings. The van der Waals surface area contributed by atoms with E-state index in [0.717, 1.165) is 24.2 Å². The van der Waals surface area contributed by atoms with Gasteiger partial charge in [0, 0.05) is 30.5 Å². The summed E-state index contributed by atoms with van der Waals surface area (Å²) >= 11 is 1.73. The zero-order valence-corrected chi connectivity index (χ0v) is 20.3. The molecule has 2 amide bonds. The second-order valence-corrected chi connectivity index (χ2v) is 9.56. The lowest BCUT2D eigenvalue weighted by atomic mass is 10.00. The fourth-order valence-corrected chi connectivity index (χ4v) is 4.96. The molecule has 1 atom stereocenters. The van der Waals surface area contributed by atoms with Crippen LogP contribution in [0, 0.1) is 5.92 Å². The maximum Gasteiger partial charge on any atom is 0.242 e. The maximum absolute atomic E-state index is 13.4. The molecule has 7 heteroatoms. The zero-order chi connectivity index (χ0) is 23.1. The van der Waals surface area contributed by atoms with Crippen molar-refractivity contribution in [2.75, 3.05) is 33.4 Å². The number of methoxy groups -OCH3 is 1. The maximum atomic E-state index is 13.4. The number of nitrogens with zero attached hydrogens (tertiary/aromatic N) is 2. The highest BCUT2D eigenvalue weighted by atomic mass is 32.1. The number of hydrogen-bond donors (Lipinski definition) is 0. The smallest absolute Gasteiger partial charge is 0.242 e. The largest absolute Gasteiger partial charge is 0.497 e. The molecule has 0 radical (unpaired) electrons. The van der Waals surface area contributed by atoms with Crippen molar-refractivity contribution in [2.24, 2.45) is 5.92 Å². The number of benzene rings is 1. The van der Waals surface area contributed by atoms with Gasteiger partial charge < -0.3 is 19.3 Å². The summed E-state index contributed by atoms with van der Waals surface area (Å²) in [4.78, 5) is 31.0. The Kier molecular flexibility index (Phi) is 8.56. The van der Waals surface area contributed by atoms with Crippen LogP contribution in [0.5, 0.6) is 11.5 Å². The average Bonchev–Trinajstić information content (AvgIpc) is 3.25. The molecule has 0 spiro atoms. The summed E-state index contributed by atoms with van der Waals surface area (Å²) < 4.78 is 11.4. The van der Waals surface area contributed by atoms with Crippen molar-refractivity contribution < 1.29 is 19.1 Å². The molecule has 0 unspecified atom stereocenters. The molecular formula is C25H34N2O4S. The Bertz CT molecular complexity index is 911. The minimum atomic E-state index is -0.174. The molecule has 2 heterocycles. The van der Waals surface area contributed by atoms with Gasteiger partial charge in [0.15, 0.2) is 0 Å². The highest BCUT2D eigenvalue weighted by Gasteiger charge is 2.33. The summed E-state index contributed by atoms with van der Waals surface area (Å²) in [5.41, 5.74) is 1.15. The lowest BCUT2D eigenvalue weighted by Crippen LogP contribution is -2.48. The first-order valence-electron chi connectivity index (χ1n) is 11.3. The number of hydrogen-bond acceptors (Lipinski definition) is 5. The molecule has 0 aliphatic carbocycles. The van der Waals surface area contributed by atoms with Gasteiger partial charge in [-0.15, -0.1) is 11.3 Å². The number of rotatable bonds is 10. The monoisotopic (exact) mass is 458 g/mol. The summed E-state index contributed by atoms with van der Waals surface area (Å²) in [6.45, 7) is 7.79. The molecule has 1 aliphatic heterocycles. The molecule has 0 N–H and O–H groups in total. The van der Waals surface area contributed by atoms with Gasteiger partial charge in [-0.1, -0.05) is 26.8 Å². The molecule has 3 rings (SSSR count). The summed E-state index contributed by atoms with van der Waals surface area (Å²) in [6.07, 6.45) is 2.13. The molecular weight excluding hydrogens is 424 g/mol. The van der Waals surface area contributed by atoms with Gasteiger partial charge in [0.25, 0.3) is 0 Å². The summed E-state index contributed by atoms with van der Waals surface area (Å²) in [7, 11) is 1.63. The molecule has 1 aromatic heterocycles. The van der Waals surface area contributed by atoms with E-state index in [2.05, 4.69) is 11.4 Å². The number of carbonyl (C=O) groups is 2. The second kappa shape index (κ2) is 11.4. The first-order valence-corrected chi connectivity index (χ1v) is 12.2. The number of amides is 2. The Morgan fingerprint density at radius 3 is 2.75 bits per heavy atom. The van der Waals surface area contributed by atoms with Crippen molar-refractivity contribution in [1.29, 1.82) is 0 Å². The van der Waals surface area contributed by atoms with E-state index in [0.29, 0.717) is 31.9 Å². The Morgan fingerprint density at radius 2 is 2.03 bits per heavy atom. The molecule has 0 saturated heterocycles. The van der Waals surface area contributed by atoms with E-state index in [-0.39, 0.29) is 30.3 Å². The highest BCUT2D eigenvalue weighted by Crippen LogP contribution is 2.34. The van der Waals surface area contributed by atoms with E-state index < -0.39 is 0 Å². The van der Waals surface area contributed by atoms with Gasteiger partial charge in [0.2, 0.25) is 11.8 Å². The Hall–Kier alpha value is -2.54. The zero-order valence-electron chi connectivity index (χ0n) is 19.5. The SMILES string of the molecule is CCCN(CC(=O)N1CCc2sccc2[C@H]1COc1cccc(OC)c1)C(=O)CC(C)C. The minimum absolute atomic E-state index is 0.0216. The minimum Gasteiger partial charge on any atom is -0.497 e. The van der Waals surface area contributed by atoms with Gasteiger partial charge >= 0.3 is 0 Å².